The van der Waals surface area contributed by atoms with E-state index in [-0.39, 0.29) is 11.3 Å². The first kappa shape index (κ1) is 16.3. The number of nitrogens with one attached hydrogen (secondary N) is 1. The minimum absolute atomic E-state index is 0.0864. The van der Waals surface area contributed by atoms with Crippen LogP contribution in [0, 0.1) is 24.0 Å². The predicted octanol–water partition coefficient (Wildman–Crippen LogP) is 3.04. The second kappa shape index (κ2) is 6.52. The van der Waals surface area contributed by atoms with Gasteiger partial charge in [0.25, 0.3) is 11.6 Å². The number of carbonyl (C=O) groups excluding carboxylic acids is 1. The molecule has 3 aromatic rings. The van der Waals surface area contributed by atoms with Crippen LogP contribution >= 0.6 is 0 Å². The Balaban J connectivity index is 1.78. The van der Waals surface area contributed by atoms with Crippen LogP contribution in [0.5, 0.6) is 0 Å². The normalized spacial score (nSPS) is 10.5. The Morgan fingerprint density at radius 3 is 2.60 bits per heavy atom. The minimum atomic E-state index is -0.504. The van der Waals surface area contributed by atoms with Crippen molar-refractivity contribution < 1.29 is 9.72 Å². The van der Waals surface area contributed by atoms with Crippen molar-refractivity contribution in [1.29, 1.82) is 0 Å². The number of aromatic nitrogens is 3. The number of hydrogen-bond acceptors (Lipinski definition) is 5. The largest absolute Gasteiger partial charge is 0.321 e. The van der Waals surface area contributed by atoms with Crippen LogP contribution < -0.4 is 5.32 Å². The highest BCUT2D eigenvalue weighted by atomic mass is 16.6. The van der Waals surface area contributed by atoms with E-state index in [1.165, 1.54) is 12.3 Å². The molecule has 0 aliphatic carbocycles. The number of nitro benzene ring substituents is 1. The first-order valence-corrected chi connectivity index (χ1v) is 7.48. The summed E-state index contributed by atoms with van der Waals surface area (Å²) in [6.07, 6.45) is 4.99. The molecule has 8 nitrogen and oxygen atoms in total. The van der Waals surface area contributed by atoms with Crippen molar-refractivity contribution in [2.75, 3.05) is 5.32 Å². The van der Waals surface area contributed by atoms with Gasteiger partial charge in [-0.3, -0.25) is 19.5 Å². The maximum absolute atomic E-state index is 12.3. The second-order valence-electron chi connectivity index (χ2n) is 5.46. The summed E-state index contributed by atoms with van der Waals surface area (Å²) in [4.78, 5) is 31.2. The molecular formula is C17H15N5O3. The molecule has 1 aromatic carbocycles. The molecule has 0 radical (unpaired) electrons. The molecular weight excluding hydrogens is 322 g/mol. The lowest BCUT2D eigenvalue weighted by Crippen LogP contribution is -2.13. The zero-order chi connectivity index (χ0) is 18.0. The van der Waals surface area contributed by atoms with E-state index in [9.17, 15) is 14.9 Å². The van der Waals surface area contributed by atoms with E-state index in [2.05, 4.69) is 15.3 Å². The number of carbonyl (C=O) groups is 1. The Morgan fingerprint density at radius 2 is 2.00 bits per heavy atom. The molecule has 0 bridgehead atoms. The maximum Gasteiger partial charge on any atom is 0.273 e. The summed E-state index contributed by atoms with van der Waals surface area (Å²) >= 11 is 0. The van der Waals surface area contributed by atoms with Gasteiger partial charge in [-0.05, 0) is 32.0 Å². The van der Waals surface area contributed by atoms with Crippen molar-refractivity contribution in [3.63, 3.8) is 0 Å². The summed E-state index contributed by atoms with van der Waals surface area (Å²) in [6, 6.07) is 7.83. The standard InChI is InChI=1S/C17H15N5O3/c1-11-3-4-13(9-15(11)22(24)25)17(23)20-14-5-6-16(19-10-14)21-8-7-18-12(21)2/h3-10H,1-2H3,(H,20,23). The molecule has 126 valence electrons. The second-order valence-corrected chi connectivity index (χ2v) is 5.46. The van der Waals surface area contributed by atoms with Gasteiger partial charge in [-0.15, -0.1) is 0 Å². The van der Waals surface area contributed by atoms with E-state index < -0.39 is 10.8 Å². The third-order valence-electron chi connectivity index (χ3n) is 3.75. The summed E-state index contributed by atoms with van der Waals surface area (Å²) in [5, 5.41) is 13.7. The Bertz CT molecular complexity index is 947. The first-order valence-electron chi connectivity index (χ1n) is 7.48. The molecule has 1 amide bonds. The van der Waals surface area contributed by atoms with Gasteiger partial charge < -0.3 is 5.32 Å². The number of nitrogens with zero attached hydrogens (tertiary/aromatic N) is 4. The molecule has 0 spiro atoms. The fourth-order valence-electron chi connectivity index (χ4n) is 2.37. The summed E-state index contributed by atoms with van der Waals surface area (Å²) in [6.45, 7) is 3.49. The number of hydrogen-bond donors (Lipinski definition) is 1. The topological polar surface area (TPSA) is 103 Å². The number of nitro groups is 1. The molecule has 0 atom stereocenters. The molecule has 0 saturated carbocycles. The quantitative estimate of drug-likeness (QED) is 0.582. The highest BCUT2D eigenvalue weighted by Crippen LogP contribution is 2.20. The number of rotatable bonds is 4. The van der Waals surface area contributed by atoms with Gasteiger partial charge in [0.05, 0.1) is 16.8 Å². The van der Waals surface area contributed by atoms with E-state index in [1.807, 2.05) is 11.5 Å². The summed E-state index contributed by atoms with van der Waals surface area (Å²) in [7, 11) is 0. The molecule has 2 aromatic heterocycles. The highest BCUT2D eigenvalue weighted by Gasteiger charge is 2.15. The third kappa shape index (κ3) is 3.37. The lowest BCUT2D eigenvalue weighted by molar-refractivity contribution is -0.385. The number of amides is 1. The average Bonchev–Trinajstić information content (AvgIpc) is 3.01. The van der Waals surface area contributed by atoms with Crippen LogP contribution in [0.4, 0.5) is 11.4 Å². The lowest BCUT2D eigenvalue weighted by Gasteiger charge is -2.08. The Kier molecular flexibility index (Phi) is 4.25. The highest BCUT2D eigenvalue weighted by molar-refractivity contribution is 6.04. The van der Waals surface area contributed by atoms with Gasteiger partial charge in [-0.2, -0.15) is 0 Å². The van der Waals surface area contributed by atoms with E-state index in [4.69, 9.17) is 0 Å². The molecule has 0 unspecified atom stereocenters. The molecule has 0 saturated heterocycles. The van der Waals surface area contributed by atoms with Gasteiger partial charge in [0.15, 0.2) is 0 Å². The van der Waals surface area contributed by atoms with Crippen LogP contribution in [0.2, 0.25) is 0 Å². The smallest absolute Gasteiger partial charge is 0.273 e. The zero-order valence-electron chi connectivity index (χ0n) is 13.6. The fraction of sp³-hybridized carbons (Fsp3) is 0.118. The van der Waals surface area contributed by atoms with Crippen molar-refractivity contribution in [3.05, 3.63) is 76.0 Å². The Hall–Kier alpha value is -3.55. The molecule has 8 heteroatoms. The van der Waals surface area contributed by atoms with Crippen LogP contribution in [0.1, 0.15) is 21.7 Å². The van der Waals surface area contributed by atoms with Gasteiger partial charge in [0.2, 0.25) is 0 Å². The number of aryl methyl sites for hydroxylation is 2. The molecule has 3 rings (SSSR count). The molecule has 0 aliphatic heterocycles. The van der Waals surface area contributed by atoms with Crippen molar-refractivity contribution in [2.45, 2.75) is 13.8 Å². The SMILES string of the molecule is Cc1ccc(C(=O)Nc2ccc(-n3ccnc3C)nc2)cc1[N+](=O)[O-]. The van der Waals surface area contributed by atoms with Crippen LogP contribution in [0.3, 0.4) is 0 Å². The van der Waals surface area contributed by atoms with Crippen molar-refractivity contribution in [3.8, 4) is 5.82 Å². The monoisotopic (exact) mass is 337 g/mol. The van der Waals surface area contributed by atoms with Gasteiger partial charge in [-0.1, -0.05) is 6.07 Å². The average molecular weight is 337 g/mol. The van der Waals surface area contributed by atoms with E-state index in [0.717, 1.165) is 5.82 Å². The van der Waals surface area contributed by atoms with Crippen molar-refractivity contribution in [1.82, 2.24) is 14.5 Å². The van der Waals surface area contributed by atoms with Crippen LogP contribution in [-0.4, -0.2) is 25.4 Å². The van der Waals surface area contributed by atoms with Gasteiger partial charge >= 0.3 is 0 Å². The van der Waals surface area contributed by atoms with E-state index in [0.29, 0.717) is 17.1 Å². The summed E-state index contributed by atoms with van der Waals surface area (Å²) in [5.41, 5.74) is 1.13. The molecule has 2 heterocycles. The Labute approximate surface area is 143 Å². The fourth-order valence-corrected chi connectivity index (χ4v) is 2.37. The van der Waals surface area contributed by atoms with Gasteiger partial charge in [0, 0.05) is 29.6 Å². The van der Waals surface area contributed by atoms with Crippen LogP contribution in [0.25, 0.3) is 5.82 Å². The number of benzene rings is 1. The van der Waals surface area contributed by atoms with Crippen LogP contribution in [-0.2, 0) is 0 Å². The van der Waals surface area contributed by atoms with Crippen molar-refractivity contribution >= 4 is 17.3 Å². The zero-order valence-corrected chi connectivity index (χ0v) is 13.6. The Morgan fingerprint density at radius 1 is 1.20 bits per heavy atom. The molecule has 25 heavy (non-hydrogen) atoms. The maximum atomic E-state index is 12.3. The van der Waals surface area contributed by atoms with Crippen LogP contribution in [0.15, 0.2) is 48.9 Å². The molecule has 0 fully saturated rings. The van der Waals surface area contributed by atoms with Gasteiger partial charge in [-0.25, -0.2) is 9.97 Å². The minimum Gasteiger partial charge on any atom is -0.321 e. The number of pyridine rings is 1. The van der Waals surface area contributed by atoms with Crippen molar-refractivity contribution in [2.24, 2.45) is 0 Å². The lowest BCUT2D eigenvalue weighted by atomic mass is 10.1. The molecule has 0 aliphatic rings. The summed E-state index contributed by atoms with van der Waals surface area (Å²) < 4.78 is 1.81. The molecule has 1 N–H and O–H groups in total. The number of imidazole rings is 1. The van der Waals surface area contributed by atoms with E-state index >= 15 is 0 Å². The van der Waals surface area contributed by atoms with Gasteiger partial charge in [0.1, 0.15) is 11.6 Å². The third-order valence-corrected chi connectivity index (χ3v) is 3.75. The number of anilines is 1. The predicted molar refractivity (Wildman–Crippen MR) is 91.9 cm³/mol. The van der Waals surface area contributed by atoms with E-state index in [1.54, 1.807) is 43.6 Å². The first-order chi connectivity index (χ1) is 12.0. The summed E-state index contributed by atoms with van der Waals surface area (Å²) in [5.74, 6) is 1.05.